The molecule has 1 aromatic heterocycles. The molecule has 190 valence electrons. The van der Waals surface area contributed by atoms with Gasteiger partial charge in [-0.3, -0.25) is 14.3 Å². The molecule has 6 heteroatoms. The van der Waals surface area contributed by atoms with Crippen LogP contribution in [0.4, 0.5) is 0 Å². The Morgan fingerprint density at radius 3 is 1.82 bits per heavy atom. The molecule has 0 amide bonds. The smallest absolute Gasteiger partial charge is 0.323 e. The standard InChI is InChI=1S/C27H49N2O3P/c1-3-5-6-7-8-9-10-11-12-13-14-15-16-18-24-33(32,23-4-2)25-19-17-21-29-22-20-26(30)28-27(29)31/h17,19-20,22H,3-16,18,21,23-25H2,1-2H3,(H,28,30,31). The van der Waals surface area contributed by atoms with Gasteiger partial charge in [-0.1, -0.05) is 109 Å². The van der Waals surface area contributed by atoms with E-state index in [2.05, 4.69) is 18.8 Å². The van der Waals surface area contributed by atoms with Gasteiger partial charge in [0.15, 0.2) is 0 Å². The average molecular weight is 481 g/mol. The monoisotopic (exact) mass is 480 g/mol. The molecule has 0 saturated carbocycles. The van der Waals surface area contributed by atoms with Crippen molar-refractivity contribution in [3.05, 3.63) is 45.3 Å². The number of aromatic nitrogens is 2. The summed E-state index contributed by atoms with van der Waals surface area (Å²) < 4.78 is 14.7. The van der Waals surface area contributed by atoms with Crippen LogP contribution in [0, 0.1) is 0 Å². The summed E-state index contributed by atoms with van der Waals surface area (Å²) in [4.78, 5) is 25.1. The lowest BCUT2D eigenvalue weighted by Crippen LogP contribution is -2.28. The highest BCUT2D eigenvalue weighted by Crippen LogP contribution is 2.47. The minimum atomic E-state index is -2.18. The van der Waals surface area contributed by atoms with Crippen LogP contribution in [0.15, 0.2) is 34.0 Å². The summed E-state index contributed by atoms with van der Waals surface area (Å²) in [5.41, 5.74) is -0.799. The number of aromatic amines is 1. The Morgan fingerprint density at radius 1 is 0.758 bits per heavy atom. The Hall–Kier alpha value is -1.35. The van der Waals surface area contributed by atoms with Crippen molar-refractivity contribution in [3.8, 4) is 0 Å². The largest absolute Gasteiger partial charge is 0.328 e. The molecule has 1 N–H and O–H groups in total. The van der Waals surface area contributed by atoms with E-state index in [0.717, 1.165) is 25.2 Å². The highest BCUT2D eigenvalue weighted by molar-refractivity contribution is 7.64. The van der Waals surface area contributed by atoms with E-state index in [4.69, 9.17) is 0 Å². The lowest BCUT2D eigenvalue weighted by molar-refractivity contribution is 0.537. The number of H-pyrrole nitrogens is 1. The van der Waals surface area contributed by atoms with Crippen molar-refractivity contribution >= 4 is 7.14 Å². The van der Waals surface area contributed by atoms with E-state index in [1.165, 1.54) is 100 Å². The highest BCUT2D eigenvalue weighted by Gasteiger charge is 2.18. The van der Waals surface area contributed by atoms with Gasteiger partial charge in [-0.2, -0.15) is 0 Å². The fourth-order valence-corrected chi connectivity index (χ4v) is 7.08. The summed E-state index contributed by atoms with van der Waals surface area (Å²) in [6.07, 6.45) is 27.2. The van der Waals surface area contributed by atoms with Gasteiger partial charge < -0.3 is 4.57 Å². The zero-order valence-corrected chi connectivity index (χ0v) is 22.3. The van der Waals surface area contributed by atoms with E-state index in [0.29, 0.717) is 12.7 Å². The van der Waals surface area contributed by atoms with Gasteiger partial charge in [0.1, 0.15) is 0 Å². The Labute approximate surface area is 201 Å². The molecule has 1 rings (SSSR count). The van der Waals surface area contributed by atoms with Crippen molar-refractivity contribution in [2.45, 2.75) is 117 Å². The van der Waals surface area contributed by atoms with Gasteiger partial charge in [0.2, 0.25) is 0 Å². The van der Waals surface area contributed by atoms with E-state index in [1.807, 2.05) is 12.2 Å². The van der Waals surface area contributed by atoms with Gasteiger partial charge >= 0.3 is 5.69 Å². The quantitative estimate of drug-likeness (QED) is 0.114. The average Bonchev–Trinajstić information content (AvgIpc) is 2.78. The van der Waals surface area contributed by atoms with Crippen molar-refractivity contribution in [2.75, 3.05) is 18.5 Å². The number of hydrogen-bond donors (Lipinski definition) is 1. The van der Waals surface area contributed by atoms with Crippen LogP contribution in [0.25, 0.3) is 0 Å². The summed E-state index contributed by atoms with van der Waals surface area (Å²) in [7, 11) is -2.18. The Kier molecular flexibility index (Phi) is 17.1. The van der Waals surface area contributed by atoms with Gasteiger partial charge in [0, 0.05) is 37.3 Å². The molecule has 1 unspecified atom stereocenters. The number of hydrogen-bond acceptors (Lipinski definition) is 3. The molecule has 0 aliphatic heterocycles. The third-order valence-corrected chi connectivity index (χ3v) is 9.62. The topological polar surface area (TPSA) is 71.9 Å². The predicted octanol–water partition coefficient (Wildman–Crippen LogP) is 7.35. The molecule has 33 heavy (non-hydrogen) atoms. The van der Waals surface area contributed by atoms with Crippen LogP contribution in [0.1, 0.15) is 110 Å². The summed E-state index contributed by atoms with van der Waals surface area (Å²) in [6.45, 7) is 4.76. The van der Waals surface area contributed by atoms with Crippen molar-refractivity contribution in [1.82, 2.24) is 9.55 Å². The van der Waals surface area contributed by atoms with Crippen LogP contribution in [0.5, 0.6) is 0 Å². The van der Waals surface area contributed by atoms with Gasteiger partial charge in [-0.15, -0.1) is 0 Å². The maximum Gasteiger partial charge on any atom is 0.328 e. The molecule has 1 heterocycles. The molecule has 0 spiro atoms. The molecule has 0 saturated heterocycles. The van der Waals surface area contributed by atoms with Crippen LogP contribution in [-0.2, 0) is 11.1 Å². The number of unbranched alkanes of at least 4 members (excludes halogenated alkanes) is 13. The lowest BCUT2D eigenvalue weighted by Gasteiger charge is -2.16. The summed E-state index contributed by atoms with van der Waals surface area (Å²) >= 11 is 0. The first kappa shape index (κ1) is 29.7. The first-order valence-corrected chi connectivity index (χ1v) is 15.8. The van der Waals surface area contributed by atoms with Gasteiger partial charge in [-0.25, -0.2) is 4.79 Å². The zero-order chi connectivity index (χ0) is 24.2. The van der Waals surface area contributed by atoms with Crippen molar-refractivity contribution in [3.63, 3.8) is 0 Å². The van der Waals surface area contributed by atoms with Crippen molar-refractivity contribution < 1.29 is 4.57 Å². The van der Waals surface area contributed by atoms with Gasteiger partial charge in [-0.05, 0) is 12.8 Å². The number of rotatable bonds is 21. The lowest BCUT2D eigenvalue weighted by atomic mass is 10.0. The van der Waals surface area contributed by atoms with Crippen LogP contribution in [0.3, 0.4) is 0 Å². The van der Waals surface area contributed by atoms with E-state index in [9.17, 15) is 14.2 Å². The highest BCUT2D eigenvalue weighted by atomic mass is 31.2. The van der Waals surface area contributed by atoms with E-state index < -0.39 is 12.8 Å². The van der Waals surface area contributed by atoms with Crippen LogP contribution < -0.4 is 11.2 Å². The maximum absolute atomic E-state index is 13.3. The van der Waals surface area contributed by atoms with Gasteiger partial charge in [0.05, 0.1) is 7.14 Å². The molecular formula is C27H49N2O3P. The zero-order valence-electron chi connectivity index (χ0n) is 21.4. The molecule has 0 fully saturated rings. The predicted molar refractivity (Wildman–Crippen MR) is 143 cm³/mol. The first-order valence-electron chi connectivity index (χ1n) is 13.5. The molecule has 1 aromatic rings. The molecular weight excluding hydrogens is 431 g/mol. The Balaban J connectivity index is 2.13. The van der Waals surface area contributed by atoms with Crippen molar-refractivity contribution in [2.24, 2.45) is 0 Å². The minimum absolute atomic E-state index is 0.388. The number of allylic oxidation sites excluding steroid dienone is 2. The number of nitrogens with one attached hydrogen (secondary N) is 1. The fraction of sp³-hybridized carbons (Fsp3) is 0.778. The third-order valence-electron chi connectivity index (χ3n) is 6.35. The molecule has 0 aliphatic carbocycles. The van der Waals surface area contributed by atoms with Crippen LogP contribution >= 0.6 is 7.14 Å². The minimum Gasteiger partial charge on any atom is -0.323 e. The number of nitrogens with zero attached hydrogens (tertiary/aromatic N) is 1. The van der Waals surface area contributed by atoms with Crippen molar-refractivity contribution in [1.29, 1.82) is 0 Å². The first-order chi connectivity index (χ1) is 16.0. The van der Waals surface area contributed by atoms with E-state index in [1.54, 1.807) is 0 Å². The molecule has 5 nitrogen and oxygen atoms in total. The van der Waals surface area contributed by atoms with E-state index >= 15 is 0 Å². The maximum atomic E-state index is 13.3. The summed E-state index contributed by atoms with van der Waals surface area (Å²) in [5, 5.41) is 0. The Morgan fingerprint density at radius 2 is 1.30 bits per heavy atom. The van der Waals surface area contributed by atoms with Gasteiger partial charge in [0.25, 0.3) is 5.56 Å². The molecule has 0 aliphatic rings. The second kappa shape index (κ2) is 19.0. The van der Waals surface area contributed by atoms with Crippen LogP contribution in [0.2, 0.25) is 0 Å². The fourth-order valence-electron chi connectivity index (χ4n) is 4.34. The molecule has 0 bridgehead atoms. The van der Waals surface area contributed by atoms with Crippen LogP contribution in [-0.4, -0.2) is 28.0 Å². The normalized spacial score (nSPS) is 13.5. The second-order valence-electron chi connectivity index (χ2n) is 9.52. The van der Waals surface area contributed by atoms with E-state index in [-0.39, 0.29) is 5.56 Å². The Bertz CT molecular complexity index is 797. The summed E-state index contributed by atoms with van der Waals surface area (Å²) in [6, 6.07) is 1.34. The summed E-state index contributed by atoms with van der Waals surface area (Å²) in [5.74, 6) is 0. The third kappa shape index (κ3) is 15.2. The second-order valence-corrected chi connectivity index (χ2v) is 12.9. The molecule has 0 aromatic carbocycles. The molecule has 0 radical (unpaired) electrons. The SMILES string of the molecule is CCCCCCCCCCCCCCCCP(=O)(CC=CCn1ccc(=O)[nH]c1=O)CCC. The molecule has 1 atom stereocenters.